The number of carbonyl (C=O) groups is 1. The minimum atomic E-state index is -0.344. The highest BCUT2D eigenvalue weighted by molar-refractivity contribution is 6.34. The molecule has 0 radical (unpaired) electrons. The van der Waals surface area contributed by atoms with Crippen LogP contribution >= 0.6 is 23.2 Å². The number of carbonyl (C=O) groups excluding carboxylic acids is 1. The molecule has 25 heavy (non-hydrogen) atoms. The lowest BCUT2D eigenvalue weighted by molar-refractivity contribution is -0.118. The number of aromatic nitrogens is 3. The van der Waals surface area contributed by atoms with E-state index in [1.165, 1.54) is 0 Å². The van der Waals surface area contributed by atoms with Crippen molar-refractivity contribution >= 4 is 35.1 Å². The Kier molecular flexibility index (Phi) is 5.78. The molecular formula is C16H19Cl2N5O2. The minimum absolute atomic E-state index is 0.199. The Morgan fingerprint density at radius 3 is 2.92 bits per heavy atom. The standard InChI is InChI=1S/C16H19Cl2N5O2/c1-23-16(21-15(22-23)10-4-6-19-7-5-10)20-14(24)9-25-13-8-11(17)2-3-12(13)18/h2-3,8,10,19H,4-7,9H2,1H3,(H,20,21,22,24). The maximum absolute atomic E-state index is 12.1. The summed E-state index contributed by atoms with van der Waals surface area (Å²) in [6.07, 6.45) is 1.99. The van der Waals surface area contributed by atoms with E-state index in [4.69, 9.17) is 27.9 Å². The molecule has 7 nitrogen and oxygen atoms in total. The fourth-order valence-electron chi connectivity index (χ4n) is 2.66. The second-order valence-corrected chi connectivity index (χ2v) is 6.70. The van der Waals surface area contributed by atoms with Crippen molar-refractivity contribution in [2.75, 3.05) is 25.0 Å². The topological polar surface area (TPSA) is 81.1 Å². The summed E-state index contributed by atoms with van der Waals surface area (Å²) in [5, 5.41) is 11.3. The molecular weight excluding hydrogens is 365 g/mol. The molecule has 1 aliphatic heterocycles. The van der Waals surface area contributed by atoms with Crippen LogP contribution in [0.3, 0.4) is 0 Å². The third-order valence-corrected chi connectivity index (χ3v) is 4.53. The number of halogens is 2. The molecule has 1 aliphatic rings. The predicted molar refractivity (Wildman–Crippen MR) is 96.4 cm³/mol. The number of amides is 1. The van der Waals surface area contributed by atoms with Gasteiger partial charge in [0.1, 0.15) is 5.75 Å². The van der Waals surface area contributed by atoms with E-state index in [0.29, 0.717) is 27.7 Å². The van der Waals surface area contributed by atoms with Crippen LogP contribution < -0.4 is 15.4 Å². The van der Waals surface area contributed by atoms with Gasteiger partial charge in [-0.3, -0.25) is 10.1 Å². The molecule has 1 saturated heterocycles. The van der Waals surface area contributed by atoms with E-state index in [1.807, 2.05) is 0 Å². The highest BCUT2D eigenvalue weighted by atomic mass is 35.5. The lowest BCUT2D eigenvalue weighted by atomic mass is 9.98. The summed E-state index contributed by atoms with van der Waals surface area (Å²) in [4.78, 5) is 16.6. The lowest BCUT2D eigenvalue weighted by Gasteiger charge is -2.19. The van der Waals surface area contributed by atoms with Crippen LogP contribution in [0.25, 0.3) is 0 Å². The fraction of sp³-hybridized carbons (Fsp3) is 0.438. The number of piperidine rings is 1. The molecule has 2 N–H and O–H groups in total. The highest BCUT2D eigenvalue weighted by Gasteiger charge is 2.21. The van der Waals surface area contributed by atoms with Gasteiger partial charge in [-0.2, -0.15) is 10.1 Å². The third-order valence-electron chi connectivity index (χ3n) is 3.99. The number of hydrogen-bond acceptors (Lipinski definition) is 5. The Bertz CT molecular complexity index is 759. The number of nitrogens with one attached hydrogen (secondary N) is 2. The van der Waals surface area contributed by atoms with Crippen LogP contribution in [0, 0.1) is 0 Å². The zero-order valence-electron chi connectivity index (χ0n) is 13.8. The van der Waals surface area contributed by atoms with E-state index in [9.17, 15) is 4.79 Å². The second-order valence-electron chi connectivity index (χ2n) is 5.85. The molecule has 0 saturated carbocycles. The maximum Gasteiger partial charge on any atom is 0.264 e. The van der Waals surface area contributed by atoms with Gasteiger partial charge >= 0.3 is 0 Å². The summed E-state index contributed by atoms with van der Waals surface area (Å²) in [6, 6.07) is 4.83. The van der Waals surface area contributed by atoms with Crippen molar-refractivity contribution in [1.29, 1.82) is 0 Å². The Labute approximate surface area is 155 Å². The molecule has 1 amide bonds. The fourth-order valence-corrected chi connectivity index (χ4v) is 2.99. The van der Waals surface area contributed by atoms with Crippen LogP contribution in [-0.2, 0) is 11.8 Å². The van der Waals surface area contributed by atoms with Gasteiger partial charge in [-0.25, -0.2) is 4.68 Å². The summed E-state index contributed by atoms with van der Waals surface area (Å²) in [7, 11) is 1.75. The van der Waals surface area contributed by atoms with Crippen molar-refractivity contribution in [1.82, 2.24) is 20.1 Å². The summed E-state index contributed by atoms with van der Waals surface area (Å²) < 4.78 is 6.99. The quantitative estimate of drug-likeness (QED) is 0.829. The second kappa shape index (κ2) is 8.03. The van der Waals surface area contributed by atoms with Gasteiger partial charge in [0.2, 0.25) is 5.95 Å². The van der Waals surface area contributed by atoms with Crippen LogP contribution in [0.2, 0.25) is 10.0 Å². The summed E-state index contributed by atoms with van der Waals surface area (Å²) in [5.74, 6) is 1.50. The molecule has 1 aromatic heterocycles. The van der Waals surface area contributed by atoms with Crippen LogP contribution in [0.15, 0.2) is 18.2 Å². The van der Waals surface area contributed by atoms with Gasteiger partial charge in [-0.15, -0.1) is 0 Å². The summed E-state index contributed by atoms with van der Waals surface area (Å²) in [6.45, 7) is 1.72. The van der Waals surface area contributed by atoms with Crippen molar-refractivity contribution in [2.45, 2.75) is 18.8 Å². The van der Waals surface area contributed by atoms with E-state index in [2.05, 4.69) is 20.7 Å². The molecule has 0 atom stereocenters. The van der Waals surface area contributed by atoms with Gasteiger partial charge in [0, 0.05) is 24.1 Å². The molecule has 9 heteroatoms. The van der Waals surface area contributed by atoms with Crippen molar-refractivity contribution in [2.24, 2.45) is 7.05 Å². The Hall–Kier alpha value is -1.83. The normalized spacial score (nSPS) is 15.2. The van der Waals surface area contributed by atoms with Crippen LogP contribution in [0.5, 0.6) is 5.75 Å². The van der Waals surface area contributed by atoms with Gasteiger partial charge in [0.15, 0.2) is 12.4 Å². The van der Waals surface area contributed by atoms with E-state index in [1.54, 1.807) is 29.9 Å². The largest absolute Gasteiger partial charge is 0.482 e. The molecule has 2 aromatic rings. The first kappa shape index (κ1) is 18.0. The minimum Gasteiger partial charge on any atom is -0.482 e. The zero-order chi connectivity index (χ0) is 17.8. The average Bonchev–Trinajstić information content (AvgIpc) is 2.97. The number of hydrogen-bond donors (Lipinski definition) is 2. The monoisotopic (exact) mass is 383 g/mol. The maximum atomic E-state index is 12.1. The van der Waals surface area contributed by atoms with Crippen molar-refractivity contribution in [3.8, 4) is 5.75 Å². The van der Waals surface area contributed by atoms with E-state index in [0.717, 1.165) is 31.8 Å². The molecule has 0 unspecified atom stereocenters. The first-order valence-electron chi connectivity index (χ1n) is 8.02. The molecule has 134 valence electrons. The molecule has 0 spiro atoms. The number of benzene rings is 1. The van der Waals surface area contributed by atoms with Gasteiger partial charge < -0.3 is 10.1 Å². The molecule has 1 fully saturated rings. The Balaban J connectivity index is 1.59. The highest BCUT2D eigenvalue weighted by Crippen LogP contribution is 2.27. The van der Waals surface area contributed by atoms with Crippen LogP contribution in [0.4, 0.5) is 5.95 Å². The zero-order valence-corrected chi connectivity index (χ0v) is 15.3. The summed E-state index contributed by atoms with van der Waals surface area (Å²) in [5.41, 5.74) is 0. The van der Waals surface area contributed by atoms with Gasteiger partial charge in [-0.1, -0.05) is 23.2 Å². The molecule has 1 aromatic carbocycles. The van der Waals surface area contributed by atoms with Gasteiger partial charge in [-0.05, 0) is 38.1 Å². The van der Waals surface area contributed by atoms with E-state index in [-0.39, 0.29) is 12.5 Å². The number of nitrogens with zero attached hydrogens (tertiary/aromatic N) is 3. The molecule has 0 bridgehead atoms. The van der Waals surface area contributed by atoms with Crippen molar-refractivity contribution < 1.29 is 9.53 Å². The number of ether oxygens (including phenoxy) is 1. The molecule has 0 aliphatic carbocycles. The average molecular weight is 384 g/mol. The first-order valence-corrected chi connectivity index (χ1v) is 8.78. The molecule has 2 heterocycles. The first-order chi connectivity index (χ1) is 12.0. The Morgan fingerprint density at radius 1 is 1.40 bits per heavy atom. The number of aryl methyl sites for hydroxylation is 1. The SMILES string of the molecule is Cn1nc(C2CCNCC2)nc1NC(=O)COc1cc(Cl)ccc1Cl. The van der Waals surface area contributed by atoms with Gasteiger partial charge in [0.05, 0.1) is 5.02 Å². The smallest absolute Gasteiger partial charge is 0.264 e. The predicted octanol–water partition coefficient (Wildman–Crippen LogP) is 2.61. The lowest BCUT2D eigenvalue weighted by Crippen LogP contribution is -2.27. The van der Waals surface area contributed by atoms with E-state index < -0.39 is 0 Å². The summed E-state index contributed by atoms with van der Waals surface area (Å²) >= 11 is 11.9. The molecule has 3 rings (SSSR count). The van der Waals surface area contributed by atoms with Crippen LogP contribution in [-0.4, -0.2) is 40.4 Å². The van der Waals surface area contributed by atoms with Crippen molar-refractivity contribution in [3.63, 3.8) is 0 Å². The third kappa shape index (κ3) is 4.62. The van der Waals surface area contributed by atoms with E-state index >= 15 is 0 Å². The van der Waals surface area contributed by atoms with Gasteiger partial charge in [0.25, 0.3) is 5.91 Å². The number of anilines is 1. The van der Waals surface area contributed by atoms with Crippen molar-refractivity contribution in [3.05, 3.63) is 34.1 Å². The van der Waals surface area contributed by atoms with Crippen LogP contribution in [0.1, 0.15) is 24.6 Å². The Morgan fingerprint density at radius 2 is 2.16 bits per heavy atom. The number of rotatable bonds is 5.